The minimum absolute atomic E-state index is 0.154. The molecule has 0 saturated carbocycles. The van der Waals surface area contributed by atoms with E-state index < -0.39 is 0 Å². The zero-order valence-corrected chi connectivity index (χ0v) is 10.4. The van der Waals surface area contributed by atoms with Crippen LogP contribution in [0, 0.1) is 0 Å². The highest BCUT2D eigenvalue weighted by atomic mass is 32.1. The van der Waals surface area contributed by atoms with Crippen molar-refractivity contribution in [2.75, 3.05) is 5.32 Å². The molecule has 1 aliphatic carbocycles. The zero-order chi connectivity index (χ0) is 12.4. The van der Waals surface area contributed by atoms with E-state index in [1.165, 1.54) is 11.2 Å². The standard InChI is InChI=1S/C12H12N4OS/c17-10-5-8(11-2-1-3-18-11)4-9(6-10)15-12-13-7-14-16-12/h1-3,6-8H,4-5H2,(H2,13,14,15,16). The molecule has 92 valence electrons. The van der Waals surface area contributed by atoms with E-state index in [-0.39, 0.29) is 11.7 Å². The SMILES string of the molecule is O=C1C=C(Nc2ncn[nH]2)CC(c2cccs2)C1. The van der Waals surface area contributed by atoms with Gasteiger partial charge < -0.3 is 5.32 Å². The van der Waals surface area contributed by atoms with Gasteiger partial charge in [-0.3, -0.25) is 4.79 Å². The van der Waals surface area contributed by atoms with Crippen molar-refractivity contribution < 1.29 is 4.79 Å². The number of nitrogens with zero attached hydrogens (tertiary/aromatic N) is 2. The van der Waals surface area contributed by atoms with Crippen LogP contribution < -0.4 is 5.32 Å². The summed E-state index contributed by atoms with van der Waals surface area (Å²) in [6.07, 6.45) is 4.51. The van der Waals surface area contributed by atoms with E-state index in [0.29, 0.717) is 12.4 Å². The van der Waals surface area contributed by atoms with E-state index in [1.807, 2.05) is 11.4 Å². The van der Waals surface area contributed by atoms with Gasteiger partial charge in [0, 0.05) is 29.0 Å². The predicted octanol–water partition coefficient (Wildman–Crippen LogP) is 2.31. The van der Waals surface area contributed by atoms with E-state index in [1.54, 1.807) is 17.4 Å². The Kier molecular flexibility index (Phi) is 2.93. The Balaban J connectivity index is 1.77. The fourth-order valence-electron chi connectivity index (χ4n) is 2.12. The number of aromatic amines is 1. The smallest absolute Gasteiger partial charge is 0.222 e. The van der Waals surface area contributed by atoms with Gasteiger partial charge in [0.2, 0.25) is 5.95 Å². The second-order valence-electron chi connectivity index (χ2n) is 4.22. The van der Waals surface area contributed by atoms with E-state index in [9.17, 15) is 4.79 Å². The summed E-state index contributed by atoms with van der Waals surface area (Å²) in [5, 5.41) is 11.6. The molecule has 18 heavy (non-hydrogen) atoms. The molecule has 6 heteroatoms. The van der Waals surface area contributed by atoms with Crippen molar-refractivity contribution in [2.24, 2.45) is 0 Å². The van der Waals surface area contributed by atoms with Gasteiger partial charge in [-0.25, -0.2) is 5.10 Å². The normalized spacial score (nSPS) is 19.7. The molecule has 0 fully saturated rings. The van der Waals surface area contributed by atoms with Gasteiger partial charge in [0.05, 0.1) is 0 Å². The Bertz CT molecular complexity index is 559. The Morgan fingerprint density at radius 3 is 3.11 bits per heavy atom. The third kappa shape index (κ3) is 2.33. The Labute approximate surface area is 108 Å². The number of anilines is 1. The number of aromatic nitrogens is 3. The molecule has 0 spiro atoms. The molecule has 3 rings (SSSR count). The van der Waals surface area contributed by atoms with Crippen molar-refractivity contribution >= 4 is 23.1 Å². The van der Waals surface area contributed by atoms with Crippen molar-refractivity contribution in [1.82, 2.24) is 15.2 Å². The molecule has 2 N–H and O–H groups in total. The molecule has 1 unspecified atom stereocenters. The third-order valence-electron chi connectivity index (χ3n) is 2.89. The van der Waals surface area contributed by atoms with Gasteiger partial charge >= 0.3 is 0 Å². The van der Waals surface area contributed by atoms with Crippen LogP contribution in [0.1, 0.15) is 23.6 Å². The van der Waals surface area contributed by atoms with E-state index in [0.717, 1.165) is 12.1 Å². The van der Waals surface area contributed by atoms with E-state index in [4.69, 9.17) is 0 Å². The minimum Gasteiger partial charge on any atom is -0.328 e. The molecule has 0 radical (unpaired) electrons. The van der Waals surface area contributed by atoms with Gasteiger partial charge in [-0.1, -0.05) is 6.07 Å². The highest BCUT2D eigenvalue weighted by molar-refractivity contribution is 7.10. The molecule has 0 saturated heterocycles. The molecule has 2 aromatic rings. The first kappa shape index (κ1) is 11.2. The van der Waals surface area contributed by atoms with Gasteiger partial charge in [0.15, 0.2) is 5.78 Å². The average Bonchev–Trinajstić information content (AvgIpc) is 3.00. The molecule has 2 heterocycles. The first-order valence-electron chi connectivity index (χ1n) is 5.70. The molecule has 1 atom stereocenters. The molecular formula is C12H12N4OS. The van der Waals surface area contributed by atoms with Gasteiger partial charge in [-0.2, -0.15) is 10.1 Å². The molecule has 0 amide bonds. The van der Waals surface area contributed by atoms with Crippen LogP contribution in [-0.2, 0) is 4.79 Å². The summed E-state index contributed by atoms with van der Waals surface area (Å²) in [5.74, 6) is 0.996. The molecule has 0 bridgehead atoms. The van der Waals surface area contributed by atoms with Crippen LogP contribution in [0.3, 0.4) is 0 Å². The summed E-state index contributed by atoms with van der Waals surface area (Å²) in [5.41, 5.74) is 0.890. The number of hydrogen-bond acceptors (Lipinski definition) is 5. The van der Waals surface area contributed by atoms with Crippen molar-refractivity contribution in [3.05, 3.63) is 40.5 Å². The Morgan fingerprint density at radius 2 is 2.39 bits per heavy atom. The van der Waals surface area contributed by atoms with Gasteiger partial charge in [-0.05, 0) is 17.9 Å². The third-order valence-corrected chi connectivity index (χ3v) is 3.92. The number of nitrogens with one attached hydrogen (secondary N) is 2. The van der Waals surface area contributed by atoms with Gasteiger partial charge in [0.1, 0.15) is 6.33 Å². The fourth-order valence-corrected chi connectivity index (χ4v) is 2.95. The summed E-state index contributed by atoms with van der Waals surface area (Å²) >= 11 is 1.70. The molecule has 5 nitrogen and oxygen atoms in total. The second-order valence-corrected chi connectivity index (χ2v) is 5.19. The van der Waals surface area contributed by atoms with Crippen molar-refractivity contribution in [3.63, 3.8) is 0 Å². The monoisotopic (exact) mass is 260 g/mol. The largest absolute Gasteiger partial charge is 0.328 e. The fraction of sp³-hybridized carbons (Fsp3) is 0.250. The maximum Gasteiger partial charge on any atom is 0.222 e. The highest BCUT2D eigenvalue weighted by Gasteiger charge is 2.23. The van der Waals surface area contributed by atoms with Crippen molar-refractivity contribution in [2.45, 2.75) is 18.8 Å². The maximum atomic E-state index is 11.7. The van der Waals surface area contributed by atoms with Crippen molar-refractivity contribution in [1.29, 1.82) is 0 Å². The van der Waals surface area contributed by atoms with Crippen LogP contribution in [0.15, 0.2) is 35.6 Å². The quantitative estimate of drug-likeness (QED) is 0.888. The topological polar surface area (TPSA) is 70.7 Å². The van der Waals surface area contributed by atoms with Crippen molar-refractivity contribution in [3.8, 4) is 0 Å². The lowest BCUT2D eigenvalue weighted by Gasteiger charge is -2.21. The Hall–Kier alpha value is -1.95. The number of carbonyl (C=O) groups excluding carboxylic acids is 1. The van der Waals surface area contributed by atoms with Gasteiger partial charge in [0.25, 0.3) is 0 Å². The molecule has 2 aromatic heterocycles. The van der Waals surface area contributed by atoms with Crippen LogP contribution in [0.5, 0.6) is 0 Å². The molecule has 0 aromatic carbocycles. The summed E-state index contributed by atoms with van der Waals surface area (Å²) < 4.78 is 0. The predicted molar refractivity (Wildman–Crippen MR) is 69.4 cm³/mol. The Morgan fingerprint density at radius 1 is 1.44 bits per heavy atom. The van der Waals surface area contributed by atoms with Crippen LogP contribution in [-0.4, -0.2) is 21.0 Å². The lowest BCUT2D eigenvalue weighted by Crippen LogP contribution is -2.16. The highest BCUT2D eigenvalue weighted by Crippen LogP contribution is 2.33. The number of rotatable bonds is 3. The lowest BCUT2D eigenvalue weighted by molar-refractivity contribution is -0.115. The number of hydrogen-bond donors (Lipinski definition) is 2. The minimum atomic E-state index is 0.154. The second kappa shape index (κ2) is 4.73. The number of H-pyrrole nitrogens is 1. The number of carbonyl (C=O) groups is 1. The summed E-state index contributed by atoms with van der Waals surface area (Å²) in [6, 6.07) is 4.10. The van der Waals surface area contributed by atoms with Crippen LogP contribution >= 0.6 is 11.3 Å². The summed E-state index contributed by atoms with van der Waals surface area (Å²) in [4.78, 5) is 17.0. The van der Waals surface area contributed by atoms with Crippen LogP contribution in [0.25, 0.3) is 0 Å². The lowest BCUT2D eigenvalue weighted by atomic mass is 9.90. The number of ketones is 1. The van der Waals surface area contributed by atoms with Gasteiger partial charge in [-0.15, -0.1) is 11.3 Å². The summed E-state index contributed by atoms with van der Waals surface area (Å²) in [6.45, 7) is 0. The molecular weight excluding hydrogens is 248 g/mol. The molecule has 1 aliphatic rings. The first-order chi connectivity index (χ1) is 8.81. The van der Waals surface area contributed by atoms with Crippen LogP contribution in [0.4, 0.5) is 5.95 Å². The van der Waals surface area contributed by atoms with E-state index in [2.05, 4.69) is 26.6 Å². The first-order valence-corrected chi connectivity index (χ1v) is 6.58. The molecule has 0 aliphatic heterocycles. The number of thiophene rings is 1. The zero-order valence-electron chi connectivity index (χ0n) is 9.59. The summed E-state index contributed by atoms with van der Waals surface area (Å²) in [7, 11) is 0. The van der Waals surface area contributed by atoms with Crippen LogP contribution in [0.2, 0.25) is 0 Å². The van der Waals surface area contributed by atoms with E-state index >= 15 is 0 Å². The number of allylic oxidation sites excluding steroid dienone is 2. The average molecular weight is 260 g/mol. The maximum absolute atomic E-state index is 11.7.